The van der Waals surface area contributed by atoms with E-state index in [1.54, 1.807) is 7.11 Å². The lowest BCUT2D eigenvalue weighted by atomic mass is 10.1. The van der Waals surface area contributed by atoms with Gasteiger partial charge in [-0.25, -0.2) is 0 Å². The normalized spacial score (nSPS) is 12.6. The topological polar surface area (TPSA) is 9.23 Å². The Kier molecular flexibility index (Phi) is 3.67. The van der Waals surface area contributed by atoms with E-state index in [1.807, 2.05) is 6.92 Å². The maximum Gasteiger partial charge on any atom is 0.123 e. The van der Waals surface area contributed by atoms with Crippen LogP contribution in [0.5, 0.6) is 5.75 Å². The first-order chi connectivity index (χ1) is 6.19. The molecule has 72 valence electrons. The Hall–Kier alpha value is -0.630. The molecule has 1 aromatic carbocycles. The molecule has 0 saturated carbocycles. The number of hydrogen-bond acceptors (Lipinski definition) is 2. The summed E-state index contributed by atoms with van der Waals surface area (Å²) in [5.74, 6) is 0.946. The molecule has 0 N–H and O–H groups in total. The van der Waals surface area contributed by atoms with Gasteiger partial charge in [0.1, 0.15) is 5.75 Å². The Labute approximate surface area is 85.5 Å². The van der Waals surface area contributed by atoms with Gasteiger partial charge < -0.3 is 4.74 Å². The fraction of sp³-hybridized carbons (Fsp3) is 0.455. The lowest BCUT2D eigenvalue weighted by molar-refractivity contribution is 0.409. The lowest BCUT2D eigenvalue weighted by Gasteiger charge is -2.12. The van der Waals surface area contributed by atoms with Gasteiger partial charge in [-0.1, -0.05) is 19.1 Å². The second kappa shape index (κ2) is 4.56. The number of thiol groups is 1. The Morgan fingerprint density at radius 2 is 2.15 bits per heavy atom. The molecule has 0 aliphatic carbocycles. The summed E-state index contributed by atoms with van der Waals surface area (Å²) >= 11 is 4.39. The average molecular weight is 196 g/mol. The van der Waals surface area contributed by atoms with Crippen molar-refractivity contribution in [3.63, 3.8) is 0 Å². The highest BCUT2D eigenvalue weighted by Gasteiger charge is 2.07. The largest absolute Gasteiger partial charge is 0.496 e. The van der Waals surface area contributed by atoms with Gasteiger partial charge in [0.25, 0.3) is 0 Å². The Morgan fingerprint density at radius 1 is 1.46 bits per heavy atom. The van der Waals surface area contributed by atoms with Crippen LogP contribution < -0.4 is 4.74 Å². The number of methoxy groups -OCH3 is 1. The summed E-state index contributed by atoms with van der Waals surface area (Å²) in [5, 5.41) is 0.223. The minimum Gasteiger partial charge on any atom is -0.496 e. The van der Waals surface area contributed by atoms with Crippen LogP contribution in [0.2, 0.25) is 0 Å². The van der Waals surface area contributed by atoms with Crippen LogP contribution in [0.1, 0.15) is 30.2 Å². The Bertz CT molecular complexity index is 281. The summed E-state index contributed by atoms with van der Waals surface area (Å²) in [4.78, 5) is 0. The molecule has 0 aliphatic rings. The molecular weight excluding hydrogens is 180 g/mol. The zero-order valence-corrected chi connectivity index (χ0v) is 9.27. The van der Waals surface area contributed by atoms with E-state index in [2.05, 4.69) is 37.8 Å². The van der Waals surface area contributed by atoms with E-state index in [9.17, 15) is 0 Å². The highest BCUT2D eigenvalue weighted by Crippen LogP contribution is 2.29. The maximum absolute atomic E-state index is 5.30. The van der Waals surface area contributed by atoms with Gasteiger partial charge in [-0.05, 0) is 25.0 Å². The first kappa shape index (κ1) is 10.5. The van der Waals surface area contributed by atoms with Gasteiger partial charge in [-0.3, -0.25) is 0 Å². The zero-order chi connectivity index (χ0) is 9.84. The smallest absolute Gasteiger partial charge is 0.123 e. The molecule has 0 aliphatic heterocycles. The monoisotopic (exact) mass is 196 g/mol. The summed E-state index contributed by atoms with van der Waals surface area (Å²) < 4.78 is 5.30. The molecule has 1 aromatic rings. The first-order valence-corrected chi connectivity index (χ1v) is 5.05. The van der Waals surface area contributed by atoms with Crippen LogP contribution in [0.25, 0.3) is 0 Å². The van der Waals surface area contributed by atoms with Gasteiger partial charge in [0.05, 0.1) is 7.11 Å². The van der Waals surface area contributed by atoms with Crippen LogP contribution in [0.4, 0.5) is 0 Å². The molecule has 1 nitrogen and oxygen atoms in total. The summed E-state index contributed by atoms with van der Waals surface area (Å²) in [6.45, 7) is 4.19. The summed E-state index contributed by atoms with van der Waals surface area (Å²) in [6, 6.07) is 6.31. The van der Waals surface area contributed by atoms with E-state index in [-0.39, 0.29) is 5.25 Å². The van der Waals surface area contributed by atoms with E-state index >= 15 is 0 Å². The van der Waals surface area contributed by atoms with Crippen molar-refractivity contribution in [3.8, 4) is 5.75 Å². The van der Waals surface area contributed by atoms with E-state index in [0.717, 1.165) is 17.7 Å². The minimum atomic E-state index is 0.223. The second-order valence-corrected chi connectivity index (χ2v) is 3.88. The van der Waals surface area contributed by atoms with E-state index in [4.69, 9.17) is 4.74 Å². The quantitative estimate of drug-likeness (QED) is 0.730. The standard InChI is InChI=1S/C11H16OS/c1-4-9-5-6-10(8(2)13)11(7-9)12-3/h5-8,13H,4H2,1-3H3. The molecule has 0 aromatic heterocycles. The highest BCUT2D eigenvalue weighted by molar-refractivity contribution is 7.80. The molecule has 1 rings (SSSR count). The molecule has 1 atom stereocenters. The van der Waals surface area contributed by atoms with Crippen molar-refractivity contribution in [1.29, 1.82) is 0 Å². The number of rotatable bonds is 3. The zero-order valence-electron chi connectivity index (χ0n) is 8.37. The summed E-state index contributed by atoms with van der Waals surface area (Å²) in [6.07, 6.45) is 1.04. The molecular formula is C11H16OS. The highest BCUT2D eigenvalue weighted by atomic mass is 32.1. The van der Waals surface area contributed by atoms with Crippen molar-refractivity contribution in [1.82, 2.24) is 0 Å². The molecule has 0 amide bonds. The molecule has 0 spiro atoms. The van der Waals surface area contributed by atoms with Crippen molar-refractivity contribution in [2.75, 3.05) is 7.11 Å². The van der Waals surface area contributed by atoms with Gasteiger partial charge in [0.15, 0.2) is 0 Å². The molecule has 13 heavy (non-hydrogen) atoms. The predicted octanol–water partition coefficient (Wildman–Crippen LogP) is 3.25. The lowest BCUT2D eigenvalue weighted by Crippen LogP contribution is -1.94. The third-order valence-corrected chi connectivity index (χ3v) is 2.43. The van der Waals surface area contributed by atoms with E-state index in [0.29, 0.717) is 0 Å². The van der Waals surface area contributed by atoms with E-state index < -0.39 is 0 Å². The predicted molar refractivity (Wildman–Crippen MR) is 59.8 cm³/mol. The first-order valence-electron chi connectivity index (χ1n) is 4.54. The van der Waals surface area contributed by atoms with E-state index in [1.165, 1.54) is 5.56 Å². The minimum absolute atomic E-state index is 0.223. The SMILES string of the molecule is CCc1ccc(C(C)S)c(OC)c1. The number of benzene rings is 1. The van der Waals surface area contributed by atoms with Crippen molar-refractivity contribution in [2.24, 2.45) is 0 Å². The third kappa shape index (κ3) is 2.41. The van der Waals surface area contributed by atoms with Crippen molar-refractivity contribution in [3.05, 3.63) is 29.3 Å². The average Bonchev–Trinajstić information content (AvgIpc) is 2.16. The van der Waals surface area contributed by atoms with Crippen LogP contribution >= 0.6 is 12.6 Å². The van der Waals surface area contributed by atoms with Crippen LogP contribution in [0.15, 0.2) is 18.2 Å². The second-order valence-electron chi connectivity index (χ2n) is 3.11. The van der Waals surface area contributed by atoms with Gasteiger partial charge in [-0.15, -0.1) is 0 Å². The van der Waals surface area contributed by atoms with Crippen LogP contribution in [-0.4, -0.2) is 7.11 Å². The molecule has 1 unspecified atom stereocenters. The van der Waals surface area contributed by atoms with Gasteiger partial charge in [0, 0.05) is 10.8 Å². The summed E-state index contributed by atoms with van der Waals surface area (Å²) in [5.41, 5.74) is 2.46. The Balaban J connectivity index is 3.08. The van der Waals surface area contributed by atoms with Crippen molar-refractivity contribution < 1.29 is 4.74 Å². The van der Waals surface area contributed by atoms with Crippen molar-refractivity contribution in [2.45, 2.75) is 25.5 Å². The molecule has 0 fully saturated rings. The van der Waals surface area contributed by atoms with Gasteiger partial charge in [0.2, 0.25) is 0 Å². The van der Waals surface area contributed by atoms with Gasteiger partial charge in [-0.2, -0.15) is 12.6 Å². The third-order valence-electron chi connectivity index (χ3n) is 2.16. The van der Waals surface area contributed by atoms with Crippen LogP contribution in [-0.2, 0) is 6.42 Å². The summed E-state index contributed by atoms with van der Waals surface area (Å²) in [7, 11) is 1.70. The van der Waals surface area contributed by atoms with Crippen LogP contribution in [0, 0.1) is 0 Å². The van der Waals surface area contributed by atoms with Crippen molar-refractivity contribution >= 4 is 12.6 Å². The molecule has 2 heteroatoms. The number of hydrogen-bond donors (Lipinski definition) is 1. The molecule has 0 bridgehead atoms. The molecule has 0 radical (unpaired) electrons. The number of ether oxygens (including phenoxy) is 1. The number of aryl methyl sites for hydroxylation is 1. The fourth-order valence-electron chi connectivity index (χ4n) is 1.32. The Morgan fingerprint density at radius 3 is 2.62 bits per heavy atom. The van der Waals surface area contributed by atoms with Crippen LogP contribution in [0.3, 0.4) is 0 Å². The maximum atomic E-state index is 5.30. The molecule has 0 saturated heterocycles. The fourth-order valence-corrected chi connectivity index (χ4v) is 1.53. The molecule has 0 heterocycles. The van der Waals surface area contributed by atoms with Gasteiger partial charge >= 0.3 is 0 Å².